The number of hydrogen-bond acceptors (Lipinski definition) is 5. The van der Waals surface area contributed by atoms with Crippen LogP contribution in [-0.4, -0.2) is 46.2 Å². The van der Waals surface area contributed by atoms with Gasteiger partial charge in [-0.2, -0.15) is 17.5 Å². The summed E-state index contributed by atoms with van der Waals surface area (Å²) in [6.45, 7) is 3.46. The first-order chi connectivity index (χ1) is 16.8. The molecular formula is C23H26F3N3O5S2. The van der Waals surface area contributed by atoms with Gasteiger partial charge in [0.15, 0.2) is 0 Å². The van der Waals surface area contributed by atoms with E-state index in [1.54, 1.807) is 0 Å². The van der Waals surface area contributed by atoms with Crippen molar-refractivity contribution >= 4 is 26.0 Å². The van der Waals surface area contributed by atoms with Gasteiger partial charge in [0.2, 0.25) is 26.0 Å². The number of benzene rings is 2. The maximum atomic E-state index is 13.1. The highest BCUT2D eigenvalue weighted by Gasteiger charge is 2.35. The Labute approximate surface area is 208 Å². The topological polar surface area (TPSA) is 113 Å². The Morgan fingerprint density at radius 3 is 2.22 bits per heavy atom. The first-order valence-electron chi connectivity index (χ1n) is 11.0. The Morgan fingerprint density at radius 2 is 1.64 bits per heavy atom. The molecule has 8 nitrogen and oxygen atoms in total. The second-order valence-electron chi connectivity index (χ2n) is 8.26. The standard InChI is InChI=1S/C23H26F3N3O5S2/c1-2-35(31,32)28-16-20-4-3-13-29(20)36(33,34)21-11-7-17(8-12-21)14-22(30)27-15-18-5-9-19(10-6-18)23(24,25)26/h2,5-12,20,28H,1,3-4,13-16H2,(H,27,30)/t20-/m0/s1. The summed E-state index contributed by atoms with van der Waals surface area (Å²) >= 11 is 0. The van der Waals surface area contributed by atoms with Gasteiger partial charge in [-0.1, -0.05) is 30.8 Å². The first kappa shape index (κ1) is 27.8. The van der Waals surface area contributed by atoms with Gasteiger partial charge in [0, 0.05) is 31.1 Å². The van der Waals surface area contributed by atoms with Gasteiger partial charge in [-0.05, 0) is 48.2 Å². The van der Waals surface area contributed by atoms with E-state index in [0.717, 1.165) is 17.5 Å². The van der Waals surface area contributed by atoms with E-state index in [2.05, 4.69) is 16.6 Å². The Kier molecular flexibility index (Phi) is 8.59. The lowest BCUT2D eigenvalue weighted by Gasteiger charge is -2.24. The molecule has 0 aliphatic carbocycles. The minimum atomic E-state index is -4.43. The number of rotatable bonds is 10. The molecule has 0 aromatic heterocycles. The molecule has 1 aliphatic rings. The summed E-state index contributed by atoms with van der Waals surface area (Å²) < 4.78 is 90.9. The number of alkyl halides is 3. The summed E-state index contributed by atoms with van der Waals surface area (Å²) in [6.07, 6.45) is -3.37. The Morgan fingerprint density at radius 1 is 1.03 bits per heavy atom. The third-order valence-corrected chi connectivity index (χ3v) is 8.70. The second-order valence-corrected chi connectivity index (χ2v) is 11.9. The third kappa shape index (κ3) is 7.15. The van der Waals surface area contributed by atoms with Gasteiger partial charge in [-0.15, -0.1) is 0 Å². The van der Waals surface area contributed by atoms with Crippen molar-refractivity contribution in [3.8, 4) is 0 Å². The minimum absolute atomic E-state index is 0.0230. The monoisotopic (exact) mass is 545 g/mol. The van der Waals surface area contributed by atoms with Crippen molar-refractivity contribution in [2.75, 3.05) is 13.1 Å². The summed E-state index contributed by atoms with van der Waals surface area (Å²) in [5, 5.41) is 3.39. The minimum Gasteiger partial charge on any atom is -0.352 e. The molecule has 2 aromatic carbocycles. The Balaban J connectivity index is 1.58. The summed E-state index contributed by atoms with van der Waals surface area (Å²) in [5.41, 5.74) is 0.287. The quantitative estimate of drug-likeness (QED) is 0.477. The van der Waals surface area contributed by atoms with Crippen LogP contribution in [0.25, 0.3) is 0 Å². The number of sulfonamides is 2. The van der Waals surface area contributed by atoms with E-state index in [4.69, 9.17) is 0 Å². The van der Waals surface area contributed by atoms with Crippen LogP contribution in [-0.2, 0) is 44.0 Å². The van der Waals surface area contributed by atoms with Gasteiger partial charge < -0.3 is 5.32 Å². The lowest BCUT2D eigenvalue weighted by atomic mass is 10.1. The number of amides is 1. The van der Waals surface area contributed by atoms with Crippen molar-refractivity contribution in [3.63, 3.8) is 0 Å². The number of hydrogen-bond donors (Lipinski definition) is 2. The molecule has 0 radical (unpaired) electrons. The van der Waals surface area contributed by atoms with Crippen molar-refractivity contribution in [3.05, 3.63) is 77.2 Å². The van der Waals surface area contributed by atoms with Crippen LogP contribution in [0.5, 0.6) is 0 Å². The van der Waals surface area contributed by atoms with Crippen molar-refractivity contribution < 1.29 is 34.8 Å². The molecular weight excluding hydrogens is 519 g/mol. The van der Waals surface area contributed by atoms with Crippen LogP contribution in [0.2, 0.25) is 0 Å². The van der Waals surface area contributed by atoms with Crippen LogP contribution in [0.15, 0.2) is 65.4 Å². The summed E-state index contributed by atoms with van der Waals surface area (Å²) in [5.74, 6) is -0.375. The number of carbonyl (C=O) groups is 1. The van der Waals surface area contributed by atoms with Gasteiger partial charge in [0.1, 0.15) is 0 Å². The normalized spacial score (nSPS) is 17.1. The number of nitrogens with one attached hydrogen (secondary N) is 2. The summed E-state index contributed by atoms with van der Waals surface area (Å²) in [4.78, 5) is 12.3. The molecule has 1 saturated heterocycles. The molecule has 1 heterocycles. The number of nitrogens with zero attached hydrogens (tertiary/aromatic N) is 1. The van der Waals surface area contributed by atoms with E-state index in [1.165, 1.54) is 40.7 Å². The van der Waals surface area contributed by atoms with Crippen molar-refractivity contribution in [2.24, 2.45) is 0 Å². The molecule has 196 valence electrons. The molecule has 0 bridgehead atoms. The molecule has 0 unspecified atom stereocenters. The molecule has 36 heavy (non-hydrogen) atoms. The average molecular weight is 546 g/mol. The Bertz CT molecular complexity index is 1290. The van der Waals surface area contributed by atoms with Crippen LogP contribution >= 0.6 is 0 Å². The zero-order chi connectivity index (χ0) is 26.6. The fraction of sp³-hybridized carbons (Fsp3) is 0.348. The maximum Gasteiger partial charge on any atom is 0.416 e. The molecule has 2 N–H and O–H groups in total. The van der Waals surface area contributed by atoms with Crippen molar-refractivity contribution in [1.29, 1.82) is 0 Å². The van der Waals surface area contributed by atoms with Gasteiger partial charge in [0.25, 0.3) is 0 Å². The largest absolute Gasteiger partial charge is 0.416 e. The highest BCUT2D eigenvalue weighted by atomic mass is 32.2. The molecule has 0 spiro atoms. The predicted octanol–water partition coefficient (Wildman–Crippen LogP) is 2.78. The SMILES string of the molecule is C=CS(=O)(=O)NC[C@@H]1CCCN1S(=O)(=O)c1ccc(CC(=O)NCc2ccc(C(F)(F)F)cc2)cc1. The summed E-state index contributed by atoms with van der Waals surface area (Å²) in [6, 6.07) is 9.73. The molecule has 1 amide bonds. The highest BCUT2D eigenvalue weighted by Crippen LogP contribution is 2.29. The van der Waals surface area contributed by atoms with Crippen molar-refractivity contribution in [2.45, 2.75) is 42.9 Å². The molecule has 2 aromatic rings. The zero-order valence-corrected chi connectivity index (χ0v) is 20.8. The highest BCUT2D eigenvalue weighted by molar-refractivity contribution is 7.92. The lowest BCUT2D eigenvalue weighted by Crippen LogP contribution is -2.42. The fourth-order valence-corrected chi connectivity index (χ4v) is 6.01. The van der Waals surface area contributed by atoms with Crippen LogP contribution < -0.4 is 10.0 Å². The maximum absolute atomic E-state index is 13.1. The van der Waals surface area contributed by atoms with E-state index in [9.17, 15) is 34.8 Å². The smallest absolute Gasteiger partial charge is 0.352 e. The third-order valence-electron chi connectivity index (χ3n) is 5.73. The van der Waals surface area contributed by atoms with Crippen LogP contribution in [0.1, 0.15) is 29.5 Å². The fourth-order valence-electron chi connectivity index (χ4n) is 3.78. The van der Waals surface area contributed by atoms with Crippen LogP contribution in [0, 0.1) is 0 Å². The van der Waals surface area contributed by atoms with Crippen LogP contribution in [0.3, 0.4) is 0 Å². The summed E-state index contributed by atoms with van der Waals surface area (Å²) in [7, 11) is -7.55. The predicted molar refractivity (Wildman–Crippen MR) is 127 cm³/mol. The van der Waals surface area contributed by atoms with Gasteiger partial charge in [-0.3, -0.25) is 4.79 Å². The van der Waals surface area contributed by atoms with Crippen LogP contribution in [0.4, 0.5) is 13.2 Å². The van der Waals surface area contributed by atoms with E-state index in [0.29, 0.717) is 24.0 Å². The van der Waals surface area contributed by atoms with Crippen molar-refractivity contribution in [1.82, 2.24) is 14.3 Å². The Hall–Kier alpha value is -2.74. The van der Waals surface area contributed by atoms with Gasteiger partial charge in [0.05, 0.1) is 16.9 Å². The molecule has 0 saturated carbocycles. The van der Waals surface area contributed by atoms with E-state index in [1.807, 2.05) is 0 Å². The first-order valence-corrected chi connectivity index (χ1v) is 14.0. The number of halogens is 3. The number of carbonyl (C=O) groups excluding carboxylic acids is 1. The van der Waals surface area contributed by atoms with E-state index in [-0.39, 0.29) is 36.9 Å². The molecule has 3 rings (SSSR count). The van der Waals surface area contributed by atoms with Gasteiger partial charge in [-0.25, -0.2) is 21.6 Å². The average Bonchev–Trinajstić information content (AvgIpc) is 3.31. The molecule has 1 aliphatic heterocycles. The van der Waals surface area contributed by atoms with Gasteiger partial charge >= 0.3 is 6.18 Å². The molecule has 1 fully saturated rings. The zero-order valence-electron chi connectivity index (χ0n) is 19.2. The molecule has 1 atom stereocenters. The lowest BCUT2D eigenvalue weighted by molar-refractivity contribution is -0.137. The van der Waals surface area contributed by atoms with E-state index >= 15 is 0 Å². The van der Waals surface area contributed by atoms with E-state index < -0.39 is 37.8 Å². The molecule has 13 heteroatoms. The second kappa shape index (κ2) is 11.1.